The molecule has 1 saturated heterocycles. The van der Waals surface area contributed by atoms with Gasteiger partial charge in [-0.2, -0.15) is 0 Å². The highest BCUT2D eigenvalue weighted by molar-refractivity contribution is 5.95. The second kappa shape index (κ2) is 10.9. The molecule has 1 unspecified atom stereocenters. The number of hydrogen-bond acceptors (Lipinski definition) is 3. The van der Waals surface area contributed by atoms with Crippen LogP contribution in [0.3, 0.4) is 0 Å². The molecule has 1 atom stereocenters. The van der Waals surface area contributed by atoms with E-state index in [1.165, 1.54) is 11.1 Å². The molecule has 1 heterocycles. The smallest absolute Gasteiger partial charge is 0.251 e. The molecule has 3 aromatic rings. The Kier molecular flexibility index (Phi) is 7.48. The zero-order valence-corrected chi connectivity index (χ0v) is 17.9. The summed E-state index contributed by atoms with van der Waals surface area (Å²) in [4.78, 5) is 15.3. The summed E-state index contributed by atoms with van der Waals surface area (Å²) in [7, 11) is 0. The number of nitrogens with one attached hydrogen (secondary N) is 1. The molecular formula is C27H30N2O2. The first-order chi connectivity index (χ1) is 15.3. The molecule has 1 fully saturated rings. The SMILES string of the molecule is O=C(NCC1CN(Cc2ccccc2)CCO1)c1ccccc1CCc1ccccc1. The standard InChI is InChI=1S/C27H30N2O2/c30-27(26-14-8-7-13-24(26)16-15-22-9-3-1-4-10-22)28-19-25-21-29(17-18-31-25)20-23-11-5-2-6-12-23/h1-14,25H,15-21H2,(H,28,30). The highest BCUT2D eigenvalue weighted by Gasteiger charge is 2.21. The summed E-state index contributed by atoms with van der Waals surface area (Å²) in [6.07, 6.45) is 1.78. The lowest BCUT2D eigenvalue weighted by atomic mass is 9.99. The number of aryl methyl sites for hydroxylation is 2. The molecule has 4 heteroatoms. The van der Waals surface area contributed by atoms with E-state index >= 15 is 0 Å². The van der Waals surface area contributed by atoms with Crippen molar-refractivity contribution in [2.75, 3.05) is 26.2 Å². The number of rotatable bonds is 8. The summed E-state index contributed by atoms with van der Waals surface area (Å²) in [5.74, 6) is -0.0209. The number of carbonyl (C=O) groups excluding carboxylic acids is 1. The highest BCUT2D eigenvalue weighted by Crippen LogP contribution is 2.14. The van der Waals surface area contributed by atoms with Crippen LogP contribution in [0.15, 0.2) is 84.9 Å². The monoisotopic (exact) mass is 414 g/mol. The van der Waals surface area contributed by atoms with Gasteiger partial charge in [0.2, 0.25) is 0 Å². The van der Waals surface area contributed by atoms with Crippen LogP contribution in [0, 0.1) is 0 Å². The van der Waals surface area contributed by atoms with Gasteiger partial charge in [-0.15, -0.1) is 0 Å². The molecule has 3 aromatic carbocycles. The van der Waals surface area contributed by atoms with Crippen LogP contribution in [-0.4, -0.2) is 43.2 Å². The van der Waals surface area contributed by atoms with Crippen molar-refractivity contribution >= 4 is 5.91 Å². The lowest BCUT2D eigenvalue weighted by Crippen LogP contribution is -2.47. The van der Waals surface area contributed by atoms with Crippen LogP contribution in [0.5, 0.6) is 0 Å². The normalized spacial score (nSPS) is 16.7. The van der Waals surface area contributed by atoms with Gasteiger partial charge in [-0.05, 0) is 35.6 Å². The first-order valence-corrected chi connectivity index (χ1v) is 11.1. The molecule has 4 nitrogen and oxygen atoms in total. The fourth-order valence-electron chi connectivity index (χ4n) is 4.07. The van der Waals surface area contributed by atoms with Crippen molar-refractivity contribution in [3.05, 3.63) is 107 Å². The lowest BCUT2D eigenvalue weighted by Gasteiger charge is -2.33. The lowest BCUT2D eigenvalue weighted by molar-refractivity contribution is -0.0292. The van der Waals surface area contributed by atoms with E-state index in [9.17, 15) is 4.79 Å². The molecule has 0 bridgehead atoms. The van der Waals surface area contributed by atoms with Crippen molar-refractivity contribution in [2.24, 2.45) is 0 Å². The van der Waals surface area contributed by atoms with Gasteiger partial charge in [0, 0.05) is 31.7 Å². The number of amides is 1. The molecule has 160 valence electrons. The van der Waals surface area contributed by atoms with Crippen LogP contribution in [0.4, 0.5) is 0 Å². The molecule has 1 aliphatic heterocycles. The van der Waals surface area contributed by atoms with Gasteiger partial charge in [0.05, 0.1) is 12.7 Å². The third-order valence-corrected chi connectivity index (χ3v) is 5.75. The number of ether oxygens (including phenoxy) is 1. The molecule has 0 spiro atoms. The zero-order valence-electron chi connectivity index (χ0n) is 17.9. The van der Waals surface area contributed by atoms with Crippen LogP contribution in [0.25, 0.3) is 0 Å². The second-order valence-electron chi connectivity index (χ2n) is 8.07. The Morgan fingerprint density at radius 1 is 0.871 bits per heavy atom. The summed E-state index contributed by atoms with van der Waals surface area (Å²) < 4.78 is 5.91. The van der Waals surface area contributed by atoms with Crippen molar-refractivity contribution in [3.63, 3.8) is 0 Å². The Hall–Kier alpha value is -2.95. The Labute approximate surface area is 184 Å². The minimum absolute atomic E-state index is 0.0119. The van der Waals surface area contributed by atoms with E-state index in [4.69, 9.17) is 4.74 Å². The van der Waals surface area contributed by atoms with Gasteiger partial charge < -0.3 is 10.1 Å². The Balaban J connectivity index is 1.30. The van der Waals surface area contributed by atoms with Gasteiger partial charge in [-0.1, -0.05) is 78.9 Å². The van der Waals surface area contributed by atoms with Gasteiger partial charge >= 0.3 is 0 Å². The predicted molar refractivity (Wildman–Crippen MR) is 124 cm³/mol. The third kappa shape index (κ3) is 6.27. The van der Waals surface area contributed by atoms with E-state index in [-0.39, 0.29) is 12.0 Å². The topological polar surface area (TPSA) is 41.6 Å². The van der Waals surface area contributed by atoms with Crippen molar-refractivity contribution < 1.29 is 9.53 Å². The number of hydrogen-bond donors (Lipinski definition) is 1. The average Bonchev–Trinajstić information content (AvgIpc) is 2.83. The maximum atomic E-state index is 12.9. The Morgan fingerprint density at radius 3 is 2.32 bits per heavy atom. The summed E-state index contributed by atoms with van der Waals surface area (Å²) in [6.45, 7) is 3.88. The molecule has 0 radical (unpaired) electrons. The van der Waals surface area contributed by atoms with E-state index in [0.29, 0.717) is 13.2 Å². The van der Waals surface area contributed by atoms with E-state index < -0.39 is 0 Å². The van der Waals surface area contributed by atoms with Crippen molar-refractivity contribution in [1.29, 1.82) is 0 Å². The van der Waals surface area contributed by atoms with Crippen LogP contribution < -0.4 is 5.32 Å². The van der Waals surface area contributed by atoms with E-state index in [0.717, 1.165) is 43.6 Å². The number of carbonyl (C=O) groups is 1. The number of morpholine rings is 1. The van der Waals surface area contributed by atoms with Gasteiger partial charge in [0.15, 0.2) is 0 Å². The summed E-state index contributed by atoms with van der Waals surface area (Å²) in [6, 6.07) is 28.8. The largest absolute Gasteiger partial charge is 0.374 e. The van der Waals surface area contributed by atoms with E-state index in [1.807, 2.05) is 30.3 Å². The quantitative estimate of drug-likeness (QED) is 0.603. The average molecular weight is 415 g/mol. The highest BCUT2D eigenvalue weighted by atomic mass is 16.5. The van der Waals surface area contributed by atoms with Crippen LogP contribution >= 0.6 is 0 Å². The van der Waals surface area contributed by atoms with Gasteiger partial charge in [-0.25, -0.2) is 0 Å². The van der Waals surface area contributed by atoms with E-state index in [2.05, 4.69) is 64.8 Å². The first-order valence-electron chi connectivity index (χ1n) is 11.1. The fraction of sp³-hybridized carbons (Fsp3) is 0.296. The number of nitrogens with zero attached hydrogens (tertiary/aromatic N) is 1. The molecule has 4 rings (SSSR count). The zero-order chi connectivity index (χ0) is 21.3. The summed E-state index contributed by atoms with van der Waals surface area (Å²) >= 11 is 0. The molecular weight excluding hydrogens is 384 g/mol. The summed E-state index contributed by atoms with van der Waals surface area (Å²) in [5, 5.41) is 3.10. The molecule has 1 amide bonds. The minimum Gasteiger partial charge on any atom is -0.374 e. The number of benzene rings is 3. The maximum Gasteiger partial charge on any atom is 0.251 e. The molecule has 0 saturated carbocycles. The van der Waals surface area contributed by atoms with Crippen LogP contribution in [0.2, 0.25) is 0 Å². The Morgan fingerprint density at radius 2 is 1.55 bits per heavy atom. The van der Waals surface area contributed by atoms with Crippen LogP contribution in [-0.2, 0) is 24.1 Å². The Bertz CT molecular complexity index is 959. The van der Waals surface area contributed by atoms with Gasteiger partial charge in [-0.3, -0.25) is 9.69 Å². The molecule has 0 aliphatic carbocycles. The van der Waals surface area contributed by atoms with Gasteiger partial charge in [0.1, 0.15) is 0 Å². The third-order valence-electron chi connectivity index (χ3n) is 5.75. The van der Waals surface area contributed by atoms with Gasteiger partial charge in [0.25, 0.3) is 5.91 Å². The van der Waals surface area contributed by atoms with Crippen molar-refractivity contribution in [3.8, 4) is 0 Å². The molecule has 1 aliphatic rings. The first kappa shape index (κ1) is 21.3. The second-order valence-corrected chi connectivity index (χ2v) is 8.07. The van der Waals surface area contributed by atoms with Crippen LogP contribution in [0.1, 0.15) is 27.0 Å². The van der Waals surface area contributed by atoms with E-state index in [1.54, 1.807) is 0 Å². The molecule has 31 heavy (non-hydrogen) atoms. The maximum absolute atomic E-state index is 12.9. The minimum atomic E-state index is -0.0209. The van der Waals surface area contributed by atoms with Crippen molar-refractivity contribution in [1.82, 2.24) is 10.2 Å². The predicted octanol–water partition coefficient (Wildman–Crippen LogP) is 4.10. The molecule has 1 N–H and O–H groups in total. The molecule has 0 aromatic heterocycles. The summed E-state index contributed by atoms with van der Waals surface area (Å²) in [5.41, 5.74) is 4.43. The van der Waals surface area contributed by atoms with Crippen molar-refractivity contribution in [2.45, 2.75) is 25.5 Å². The fourth-order valence-corrected chi connectivity index (χ4v) is 4.07.